The van der Waals surface area contributed by atoms with Crippen molar-refractivity contribution >= 4 is 27.5 Å². The van der Waals surface area contributed by atoms with Crippen molar-refractivity contribution in [1.29, 1.82) is 0 Å². The molecule has 152 valence electrons. The Morgan fingerprint density at radius 3 is 2.52 bits per heavy atom. The Hall–Kier alpha value is -2.94. The Morgan fingerprint density at radius 1 is 1.17 bits per heavy atom. The normalized spacial score (nSPS) is 12.7. The minimum atomic E-state index is -4.53. The molecule has 1 atom stereocenters. The van der Waals surface area contributed by atoms with Crippen molar-refractivity contribution < 1.29 is 32.0 Å². The number of alkyl halides is 3. The van der Waals surface area contributed by atoms with Gasteiger partial charge in [-0.1, -0.05) is 19.1 Å². The summed E-state index contributed by atoms with van der Waals surface area (Å²) in [6, 6.07) is 9.09. The van der Waals surface area contributed by atoms with Crippen LogP contribution in [-0.2, 0) is 28.2 Å². The van der Waals surface area contributed by atoms with Crippen LogP contribution >= 0.6 is 0 Å². The Morgan fingerprint density at radius 2 is 1.93 bits per heavy atom. The lowest BCUT2D eigenvalue weighted by Gasteiger charge is -2.13. The molecule has 0 bridgehead atoms. The molecule has 1 N–H and O–H groups in total. The summed E-state index contributed by atoms with van der Waals surface area (Å²) in [6.45, 7) is 1.76. The Balaban J connectivity index is 2.07. The predicted octanol–water partition coefficient (Wildman–Crippen LogP) is 4.80. The fraction of sp³-hybridized carbons (Fsp3) is 0.200. The maximum absolute atomic E-state index is 13.1. The summed E-state index contributed by atoms with van der Waals surface area (Å²) >= 11 is 0. The average molecular weight is 423 g/mol. The minimum absolute atomic E-state index is 0.0571. The topological polar surface area (TPSA) is 76.5 Å². The molecule has 0 saturated heterocycles. The van der Waals surface area contributed by atoms with Gasteiger partial charge in [-0.15, -0.1) is 0 Å². The summed E-state index contributed by atoms with van der Waals surface area (Å²) in [5.74, 6) is -0.509. The maximum atomic E-state index is 13.1. The zero-order valence-corrected chi connectivity index (χ0v) is 16.0. The number of aromatic nitrogens is 1. The van der Waals surface area contributed by atoms with Gasteiger partial charge in [0.15, 0.2) is 0 Å². The highest BCUT2D eigenvalue weighted by molar-refractivity contribution is 7.85. The number of aliphatic carboxylic acids is 1. The van der Waals surface area contributed by atoms with Crippen LogP contribution < -0.4 is 4.74 Å². The number of nitrogens with zero attached hydrogens (tertiary/aromatic N) is 1. The second-order valence-electron chi connectivity index (χ2n) is 6.17. The second kappa shape index (κ2) is 8.20. The number of benzene rings is 2. The molecule has 0 radical (unpaired) electrons. The zero-order valence-electron chi connectivity index (χ0n) is 15.2. The van der Waals surface area contributed by atoms with Crippen molar-refractivity contribution in [2.75, 3.05) is 5.75 Å². The molecule has 3 rings (SSSR count). The summed E-state index contributed by atoms with van der Waals surface area (Å²) in [4.78, 5) is 15.6. The van der Waals surface area contributed by atoms with Gasteiger partial charge in [-0.2, -0.15) is 13.2 Å². The molecule has 0 amide bonds. The molecule has 0 fully saturated rings. The number of hydrogen-bond donors (Lipinski definition) is 1. The number of fused-ring (bicyclic) bond motifs is 1. The van der Waals surface area contributed by atoms with Crippen LogP contribution in [0, 0.1) is 0 Å². The SMILES string of the molecule is CCS(=O)c1ccc(Oc2cc(CC(=O)O)cc3ccc(C(F)(F)F)cc23)nc1. The van der Waals surface area contributed by atoms with E-state index in [0.29, 0.717) is 21.6 Å². The molecular formula is C20H16F3NO4S. The van der Waals surface area contributed by atoms with Crippen LogP contribution in [0.15, 0.2) is 53.6 Å². The van der Waals surface area contributed by atoms with E-state index in [1.54, 1.807) is 13.0 Å². The van der Waals surface area contributed by atoms with Crippen LogP contribution in [0.25, 0.3) is 10.8 Å². The molecule has 0 saturated carbocycles. The fourth-order valence-electron chi connectivity index (χ4n) is 2.76. The van der Waals surface area contributed by atoms with E-state index in [9.17, 15) is 22.2 Å². The summed E-state index contributed by atoms with van der Waals surface area (Å²) in [5.41, 5.74) is -0.467. The molecule has 0 aliphatic carbocycles. The third-order valence-electron chi connectivity index (χ3n) is 4.11. The number of carboxylic acid groups (broad SMARTS) is 1. The molecule has 29 heavy (non-hydrogen) atoms. The van der Waals surface area contributed by atoms with Crippen LogP contribution in [0.1, 0.15) is 18.1 Å². The van der Waals surface area contributed by atoms with Gasteiger partial charge in [0.05, 0.1) is 27.7 Å². The van der Waals surface area contributed by atoms with Gasteiger partial charge in [0.1, 0.15) is 5.75 Å². The van der Waals surface area contributed by atoms with E-state index in [4.69, 9.17) is 9.84 Å². The quantitative estimate of drug-likeness (QED) is 0.616. The van der Waals surface area contributed by atoms with Crippen molar-refractivity contribution in [2.24, 2.45) is 0 Å². The molecule has 2 aromatic carbocycles. The third-order valence-corrected chi connectivity index (χ3v) is 5.40. The Kier molecular flexibility index (Phi) is 5.88. The lowest BCUT2D eigenvalue weighted by Crippen LogP contribution is -2.05. The first-order chi connectivity index (χ1) is 13.7. The number of carbonyl (C=O) groups is 1. The highest BCUT2D eigenvalue weighted by Gasteiger charge is 2.30. The van der Waals surface area contributed by atoms with Gasteiger partial charge in [0.25, 0.3) is 0 Å². The summed E-state index contributed by atoms with van der Waals surface area (Å²) in [7, 11) is -1.20. The molecular weight excluding hydrogens is 407 g/mol. The van der Waals surface area contributed by atoms with E-state index in [-0.39, 0.29) is 23.4 Å². The van der Waals surface area contributed by atoms with Crippen molar-refractivity contribution in [1.82, 2.24) is 4.98 Å². The fourth-order valence-corrected chi connectivity index (χ4v) is 3.49. The number of hydrogen-bond acceptors (Lipinski definition) is 4. The average Bonchev–Trinajstić information content (AvgIpc) is 2.66. The minimum Gasteiger partial charge on any atom is -0.481 e. The number of rotatable bonds is 6. The molecule has 9 heteroatoms. The number of pyridine rings is 1. The molecule has 1 unspecified atom stereocenters. The first-order valence-electron chi connectivity index (χ1n) is 8.55. The van der Waals surface area contributed by atoms with E-state index in [2.05, 4.69) is 4.98 Å². The number of halogens is 3. The second-order valence-corrected chi connectivity index (χ2v) is 7.91. The largest absolute Gasteiger partial charge is 0.481 e. The maximum Gasteiger partial charge on any atom is 0.416 e. The lowest BCUT2D eigenvalue weighted by atomic mass is 10.0. The van der Waals surface area contributed by atoms with Gasteiger partial charge in [-0.05, 0) is 35.2 Å². The van der Waals surface area contributed by atoms with Gasteiger partial charge in [0.2, 0.25) is 5.88 Å². The number of ether oxygens (including phenoxy) is 1. The van der Waals surface area contributed by atoms with Crippen molar-refractivity contribution in [3.63, 3.8) is 0 Å². The highest BCUT2D eigenvalue weighted by atomic mass is 32.2. The van der Waals surface area contributed by atoms with Crippen LogP contribution in [-0.4, -0.2) is 26.0 Å². The van der Waals surface area contributed by atoms with E-state index in [0.717, 1.165) is 12.1 Å². The van der Waals surface area contributed by atoms with Gasteiger partial charge in [0, 0.05) is 23.4 Å². The van der Waals surface area contributed by atoms with E-state index in [1.807, 2.05) is 0 Å². The van der Waals surface area contributed by atoms with Crippen molar-refractivity contribution in [3.05, 3.63) is 59.8 Å². The van der Waals surface area contributed by atoms with Gasteiger partial charge in [-0.3, -0.25) is 9.00 Å². The van der Waals surface area contributed by atoms with Gasteiger partial charge in [-0.25, -0.2) is 4.98 Å². The van der Waals surface area contributed by atoms with E-state index in [1.165, 1.54) is 30.5 Å². The summed E-state index contributed by atoms with van der Waals surface area (Å²) in [6.07, 6.45) is -3.47. The zero-order chi connectivity index (χ0) is 21.2. The van der Waals surface area contributed by atoms with Crippen molar-refractivity contribution in [2.45, 2.75) is 24.4 Å². The first kappa shape index (κ1) is 20.8. The third kappa shape index (κ3) is 4.92. The smallest absolute Gasteiger partial charge is 0.416 e. The molecule has 1 heterocycles. The van der Waals surface area contributed by atoms with Gasteiger partial charge < -0.3 is 9.84 Å². The predicted molar refractivity (Wildman–Crippen MR) is 102 cm³/mol. The highest BCUT2D eigenvalue weighted by Crippen LogP contribution is 2.36. The van der Waals surface area contributed by atoms with Gasteiger partial charge >= 0.3 is 12.1 Å². The van der Waals surface area contributed by atoms with Crippen LogP contribution in [0.3, 0.4) is 0 Å². The first-order valence-corrected chi connectivity index (χ1v) is 9.87. The molecule has 0 spiro atoms. The molecule has 1 aromatic heterocycles. The Labute approximate surface area is 166 Å². The van der Waals surface area contributed by atoms with Crippen LogP contribution in [0.5, 0.6) is 11.6 Å². The van der Waals surface area contributed by atoms with Crippen molar-refractivity contribution in [3.8, 4) is 11.6 Å². The molecule has 5 nitrogen and oxygen atoms in total. The monoisotopic (exact) mass is 423 g/mol. The lowest BCUT2D eigenvalue weighted by molar-refractivity contribution is -0.138. The molecule has 0 aliphatic heterocycles. The molecule has 0 aliphatic rings. The number of carboxylic acids is 1. The van der Waals surface area contributed by atoms with Crippen LogP contribution in [0.4, 0.5) is 13.2 Å². The van der Waals surface area contributed by atoms with E-state index < -0.39 is 28.5 Å². The molecule has 3 aromatic rings. The van der Waals surface area contributed by atoms with E-state index >= 15 is 0 Å². The summed E-state index contributed by atoms with van der Waals surface area (Å²) in [5, 5.41) is 9.64. The van der Waals surface area contributed by atoms with Crippen LogP contribution in [0.2, 0.25) is 0 Å². The summed E-state index contributed by atoms with van der Waals surface area (Å²) < 4.78 is 56.8. The Bertz CT molecular complexity index is 1080. The standard InChI is InChI=1S/C20H16F3NO4S/c1-2-29(27)15-5-6-18(24-11-15)28-17-8-12(9-19(25)26)7-13-3-4-14(10-16(13)17)20(21,22)23/h3-8,10-11H,2,9H2,1H3,(H,25,26).